The maximum atomic E-state index is 10.0. The topological polar surface area (TPSA) is 23.1 Å². The molecule has 0 radical (unpaired) electrons. The Labute approximate surface area is 83.5 Å². The third-order valence-corrected chi connectivity index (χ3v) is 1.07. The molecule has 0 aliphatic heterocycles. The van der Waals surface area contributed by atoms with Crippen LogP contribution < -0.4 is 22.1 Å². The van der Waals surface area contributed by atoms with Gasteiger partial charge in [-0.25, -0.2) is 0 Å². The summed E-state index contributed by atoms with van der Waals surface area (Å²) >= 11 is 0. The van der Waals surface area contributed by atoms with Crippen molar-refractivity contribution in [1.29, 1.82) is 0 Å². The van der Waals surface area contributed by atoms with E-state index >= 15 is 0 Å². The Balaban J connectivity index is -0.000000180. The molecular weight excluding hydrogens is 192 g/mol. The van der Waals surface area contributed by atoms with Gasteiger partial charge in [-0.05, 0) is 5.92 Å². The second-order valence-corrected chi connectivity index (χ2v) is 1.57. The van der Waals surface area contributed by atoms with Gasteiger partial charge >= 0.3 is 23.1 Å². The van der Waals surface area contributed by atoms with Crippen LogP contribution in [0.25, 0.3) is 0 Å². The minimum atomic E-state index is -0.0139. The summed E-state index contributed by atoms with van der Waals surface area (Å²) in [5.74, 6) is 0.194. The van der Waals surface area contributed by atoms with Gasteiger partial charge in [0.15, 0.2) is 0 Å². The number of rotatable bonds is 3. The Kier molecular flexibility index (Phi) is 21.5. The Morgan fingerprint density at radius 3 is 2.11 bits per heavy atom. The average molecular weight is 203 g/mol. The first kappa shape index (κ1) is 16.5. The Bertz CT molecular complexity index is 55.0. The standard InChI is InChI=1S/C6H11O.BrH.Mg/c1-3-6(4-2)5-7;;/h3,6H,1,4-5H2,2H3;1H;/q-1;;+2/p-1. The molecular formula is C6H11BrMgO. The van der Waals surface area contributed by atoms with Crippen LogP contribution in [0.2, 0.25) is 0 Å². The molecule has 0 aromatic carbocycles. The summed E-state index contributed by atoms with van der Waals surface area (Å²) in [6, 6.07) is 0. The zero-order valence-corrected chi connectivity index (χ0v) is 8.77. The number of halogens is 1. The van der Waals surface area contributed by atoms with Crippen molar-refractivity contribution >= 4 is 23.1 Å². The van der Waals surface area contributed by atoms with Crippen LogP contribution >= 0.6 is 0 Å². The van der Waals surface area contributed by atoms with Gasteiger partial charge in [0.1, 0.15) is 0 Å². The molecule has 0 saturated carbocycles. The van der Waals surface area contributed by atoms with Gasteiger partial charge in [0, 0.05) is 0 Å². The molecule has 9 heavy (non-hydrogen) atoms. The van der Waals surface area contributed by atoms with Crippen LogP contribution in [0.5, 0.6) is 0 Å². The van der Waals surface area contributed by atoms with Gasteiger partial charge in [-0.1, -0.05) is 19.4 Å². The Hall–Kier alpha value is 0.946. The molecule has 1 unspecified atom stereocenters. The molecule has 0 N–H and O–H groups in total. The van der Waals surface area contributed by atoms with Gasteiger partial charge in [0.05, 0.1) is 0 Å². The molecule has 0 bridgehead atoms. The maximum absolute atomic E-state index is 10.0. The average Bonchev–Trinajstić information content (AvgIpc) is 1.72. The smallest absolute Gasteiger partial charge is 1.00 e. The van der Waals surface area contributed by atoms with Crippen molar-refractivity contribution in [3.8, 4) is 0 Å². The minimum absolute atomic E-state index is 0. The second kappa shape index (κ2) is 11.7. The summed E-state index contributed by atoms with van der Waals surface area (Å²) in [7, 11) is 0. The first-order chi connectivity index (χ1) is 3.35. The molecule has 0 spiro atoms. The molecule has 0 aliphatic rings. The quantitative estimate of drug-likeness (QED) is 0.358. The van der Waals surface area contributed by atoms with Crippen molar-refractivity contribution in [2.75, 3.05) is 6.61 Å². The van der Waals surface area contributed by atoms with E-state index in [1.165, 1.54) is 0 Å². The first-order valence-corrected chi connectivity index (χ1v) is 2.55. The third kappa shape index (κ3) is 8.95. The fourth-order valence-corrected chi connectivity index (χ4v) is 0.353. The van der Waals surface area contributed by atoms with Crippen LogP contribution in [0, 0.1) is 5.92 Å². The van der Waals surface area contributed by atoms with Gasteiger partial charge in [-0.15, -0.1) is 13.2 Å². The monoisotopic (exact) mass is 202 g/mol. The van der Waals surface area contributed by atoms with E-state index in [1.54, 1.807) is 6.08 Å². The van der Waals surface area contributed by atoms with E-state index in [0.717, 1.165) is 6.42 Å². The van der Waals surface area contributed by atoms with E-state index in [-0.39, 0.29) is 52.6 Å². The van der Waals surface area contributed by atoms with Gasteiger partial charge < -0.3 is 22.1 Å². The Morgan fingerprint density at radius 2 is 2.11 bits per heavy atom. The van der Waals surface area contributed by atoms with Crippen LogP contribution in [-0.2, 0) is 0 Å². The van der Waals surface area contributed by atoms with E-state index in [2.05, 4.69) is 6.58 Å². The molecule has 1 atom stereocenters. The molecule has 0 aromatic rings. The molecule has 0 fully saturated rings. The number of hydrogen-bond donors (Lipinski definition) is 0. The van der Waals surface area contributed by atoms with E-state index < -0.39 is 0 Å². The summed E-state index contributed by atoms with van der Waals surface area (Å²) in [4.78, 5) is 0. The van der Waals surface area contributed by atoms with Crippen molar-refractivity contribution in [3.05, 3.63) is 12.7 Å². The summed E-state index contributed by atoms with van der Waals surface area (Å²) in [5, 5.41) is 10.0. The van der Waals surface area contributed by atoms with Gasteiger partial charge in [-0.3, -0.25) is 0 Å². The number of hydrogen-bond acceptors (Lipinski definition) is 1. The maximum Gasteiger partial charge on any atom is 2.00 e. The predicted octanol–water partition coefficient (Wildman–Crippen LogP) is -2.82. The van der Waals surface area contributed by atoms with Crippen molar-refractivity contribution < 1.29 is 22.1 Å². The van der Waals surface area contributed by atoms with Crippen LogP contribution in [-0.4, -0.2) is 29.7 Å². The Morgan fingerprint density at radius 1 is 1.67 bits per heavy atom. The van der Waals surface area contributed by atoms with Crippen LogP contribution in [0.1, 0.15) is 13.3 Å². The van der Waals surface area contributed by atoms with Gasteiger partial charge in [0.2, 0.25) is 0 Å². The first-order valence-electron chi connectivity index (χ1n) is 2.55. The van der Waals surface area contributed by atoms with E-state index in [0.29, 0.717) is 0 Å². The van der Waals surface area contributed by atoms with E-state index in [1.807, 2.05) is 6.92 Å². The molecule has 1 nitrogen and oxygen atoms in total. The zero-order valence-electron chi connectivity index (χ0n) is 5.77. The molecule has 50 valence electrons. The SMILES string of the molecule is C=CC(CC)C[O-].[Br-].[Mg+2]. The molecule has 0 rings (SSSR count). The van der Waals surface area contributed by atoms with Crippen LogP contribution in [0.3, 0.4) is 0 Å². The second-order valence-electron chi connectivity index (χ2n) is 1.57. The summed E-state index contributed by atoms with van der Waals surface area (Å²) in [5.41, 5.74) is 0. The molecule has 3 heteroatoms. The van der Waals surface area contributed by atoms with Gasteiger partial charge in [0.25, 0.3) is 0 Å². The molecule has 0 amide bonds. The summed E-state index contributed by atoms with van der Waals surface area (Å²) in [6.45, 7) is 5.48. The van der Waals surface area contributed by atoms with Crippen molar-refractivity contribution in [2.45, 2.75) is 13.3 Å². The van der Waals surface area contributed by atoms with Crippen molar-refractivity contribution in [3.63, 3.8) is 0 Å². The predicted molar refractivity (Wildman–Crippen MR) is 34.6 cm³/mol. The van der Waals surface area contributed by atoms with E-state index in [4.69, 9.17) is 0 Å². The zero-order chi connectivity index (χ0) is 5.70. The van der Waals surface area contributed by atoms with Crippen molar-refractivity contribution in [2.24, 2.45) is 5.92 Å². The largest absolute Gasteiger partial charge is 2.00 e. The molecule has 0 saturated heterocycles. The normalized spacial score (nSPS) is 10.4. The molecule has 0 aromatic heterocycles. The minimum Gasteiger partial charge on any atom is -1.00 e. The summed E-state index contributed by atoms with van der Waals surface area (Å²) < 4.78 is 0. The molecule has 0 heterocycles. The van der Waals surface area contributed by atoms with Crippen LogP contribution in [0.15, 0.2) is 12.7 Å². The van der Waals surface area contributed by atoms with Crippen molar-refractivity contribution in [1.82, 2.24) is 0 Å². The third-order valence-electron chi connectivity index (χ3n) is 1.07. The fraction of sp³-hybridized carbons (Fsp3) is 0.667. The fourth-order valence-electron chi connectivity index (χ4n) is 0.353. The molecule has 0 aliphatic carbocycles. The van der Waals surface area contributed by atoms with Crippen LogP contribution in [0.4, 0.5) is 0 Å². The summed E-state index contributed by atoms with van der Waals surface area (Å²) in [6.07, 6.45) is 2.64. The van der Waals surface area contributed by atoms with E-state index in [9.17, 15) is 5.11 Å². The van der Waals surface area contributed by atoms with Gasteiger partial charge in [-0.2, -0.15) is 0 Å².